The summed E-state index contributed by atoms with van der Waals surface area (Å²) in [5, 5.41) is 7.03. The van der Waals surface area contributed by atoms with Crippen molar-refractivity contribution in [3.05, 3.63) is 28.7 Å². The molecule has 0 aliphatic rings. The second kappa shape index (κ2) is 5.65. The third kappa shape index (κ3) is 3.79. The minimum absolute atomic E-state index is 0.209. The lowest BCUT2D eigenvalue weighted by molar-refractivity contribution is 0.311. The Labute approximate surface area is 91.9 Å². The monoisotopic (exact) mass is 256 g/mol. The Morgan fingerprint density at radius 1 is 1.43 bits per heavy atom. The zero-order valence-electron chi connectivity index (χ0n) is 7.79. The van der Waals surface area contributed by atoms with Gasteiger partial charge in [-0.1, -0.05) is 12.1 Å². The number of rotatable bonds is 5. The van der Waals surface area contributed by atoms with Crippen LogP contribution in [0.5, 0.6) is 5.75 Å². The molecule has 14 heavy (non-hydrogen) atoms. The quantitative estimate of drug-likeness (QED) is 0.483. The van der Waals surface area contributed by atoms with Crippen molar-refractivity contribution in [1.29, 1.82) is 5.41 Å². The molecule has 1 rings (SSSR count). The summed E-state index contributed by atoms with van der Waals surface area (Å²) in [6.07, 6.45) is 1.36. The third-order valence-electron chi connectivity index (χ3n) is 1.68. The Bertz CT molecular complexity index is 315. The van der Waals surface area contributed by atoms with Crippen molar-refractivity contribution in [3.63, 3.8) is 0 Å². The Morgan fingerprint density at radius 2 is 2.14 bits per heavy atom. The molecule has 1 aromatic rings. The highest BCUT2D eigenvalue weighted by Crippen LogP contribution is 2.23. The standard InChI is InChI=1S/C10H13BrN2O/c11-8-4-1-2-5-9(8)14-7-3-6-10(12)13/h1-2,4-5H,3,6-7H2,(H3,12,13). The summed E-state index contributed by atoms with van der Waals surface area (Å²) >= 11 is 3.39. The summed E-state index contributed by atoms with van der Waals surface area (Å²) < 4.78 is 6.44. The fourth-order valence-electron chi connectivity index (χ4n) is 1.01. The van der Waals surface area contributed by atoms with Crippen molar-refractivity contribution in [1.82, 2.24) is 0 Å². The minimum Gasteiger partial charge on any atom is -0.492 e. The second-order valence-corrected chi connectivity index (χ2v) is 3.76. The lowest BCUT2D eigenvalue weighted by atomic mass is 10.3. The van der Waals surface area contributed by atoms with Gasteiger partial charge in [-0.3, -0.25) is 5.41 Å². The molecule has 0 aliphatic carbocycles. The van der Waals surface area contributed by atoms with E-state index < -0.39 is 0 Å². The molecule has 0 atom stereocenters. The van der Waals surface area contributed by atoms with E-state index in [1.165, 1.54) is 0 Å². The number of ether oxygens (including phenoxy) is 1. The fraction of sp³-hybridized carbons (Fsp3) is 0.300. The minimum atomic E-state index is 0.209. The summed E-state index contributed by atoms with van der Waals surface area (Å²) in [6, 6.07) is 7.69. The molecule has 4 heteroatoms. The van der Waals surface area contributed by atoms with Crippen LogP contribution < -0.4 is 10.5 Å². The molecule has 0 radical (unpaired) electrons. The molecule has 0 unspecified atom stereocenters. The number of nitrogens with two attached hydrogens (primary N) is 1. The highest BCUT2D eigenvalue weighted by Gasteiger charge is 1.98. The van der Waals surface area contributed by atoms with Gasteiger partial charge in [-0.2, -0.15) is 0 Å². The zero-order valence-corrected chi connectivity index (χ0v) is 9.38. The van der Waals surface area contributed by atoms with Gasteiger partial charge < -0.3 is 10.5 Å². The molecule has 3 nitrogen and oxygen atoms in total. The highest BCUT2D eigenvalue weighted by atomic mass is 79.9. The third-order valence-corrected chi connectivity index (χ3v) is 2.34. The van der Waals surface area contributed by atoms with Crippen molar-refractivity contribution >= 4 is 21.8 Å². The van der Waals surface area contributed by atoms with Gasteiger partial charge in [-0.15, -0.1) is 0 Å². The number of amidine groups is 1. The van der Waals surface area contributed by atoms with Crippen LogP contribution in [0.4, 0.5) is 0 Å². The SMILES string of the molecule is N=C(N)CCCOc1ccccc1Br. The first-order valence-corrected chi connectivity index (χ1v) is 5.19. The van der Waals surface area contributed by atoms with Crippen LogP contribution in [0.25, 0.3) is 0 Å². The Morgan fingerprint density at radius 3 is 2.79 bits per heavy atom. The fourth-order valence-corrected chi connectivity index (χ4v) is 1.41. The topological polar surface area (TPSA) is 59.1 Å². The normalized spacial score (nSPS) is 9.79. The van der Waals surface area contributed by atoms with Gasteiger partial charge in [-0.05, 0) is 34.5 Å². The lowest BCUT2D eigenvalue weighted by Gasteiger charge is -2.06. The zero-order chi connectivity index (χ0) is 10.4. The van der Waals surface area contributed by atoms with Gasteiger partial charge in [0.1, 0.15) is 5.75 Å². The molecule has 0 aliphatic heterocycles. The van der Waals surface area contributed by atoms with E-state index in [0.29, 0.717) is 13.0 Å². The number of benzene rings is 1. The van der Waals surface area contributed by atoms with E-state index >= 15 is 0 Å². The van der Waals surface area contributed by atoms with E-state index in [9.17, 15) is 0 Å². The molecule has 1 aromatic carbocycles. The Kier molecular flexibility index (Phi) is 4.46. The van der Waals surface area contributed by atoms with E-state index in [1.807, 2.05) is 24.3 Å². The molecule has 0 saturated heterocycles. The lowest BCUT2D eigenvalue weighted by Crippen LogP contribution is -2.11. The highest BCUT2D eigenvalue weighted by molar-refractivity contribution is 9.10. The molecule has 0 heterocycles. The molecule has 76 valence electrons. The average molecular weight is 257 g/mol. The first-order valence-electron chi connectivity index (χ1n) is 4.40. The number of hydrogen-bond acceptors (Lipinski definition) is 2. The maximum Gasteiger partial charge on any atom is 0.133 e. The van der Waals surface area contributed by atoms with Crippen LogP contribution in [-0.4, -0.2) is 12.4 Å². The Balaban J connectivity index is 2.31. The maximum absolute atomic E-state index is 7.03. The average Bonchev–Trinajstić information content (AvgIpc) is 2.15. The molecule has 3 N–H and O–H groups in total. The van der Waals surface area contributed by atoms with E-state index in [1.54, 1.807) is 0 Å². The summed E-state index contributed by atoms with van der Waals surface area (Å²) in [5.74, 6) is 1.04. The van der Waals surface area contributed by atoms with Gasteiger partial charge in [0.2, 0.25) is 0 Å². The van der Waals surface area contributed by atoms with Gasteiger partial charge >= 0.3 is 0 Å². The summed E-state index contributed by atoms with van der Waals surface area (Å²) in [5.41, 5.74) is 5.22. The molecular formula is C10H13BrN2O. The van der Waals surface area contributed by atoms with Crippen molar-refractivity contribution in [2.75, 3.05) is 6.61 Å². The van der Waals surface area contributed by atoms with Gasteiger partial charge in [-0.25, -0.2) is 0 Å². The Hall–Kier alpha value is -1.03. The summed E-state index contributed by atoms with van der Waals surface area (Å²) in [7, 11) is 0. The molecule has 0 aromatic heterocycles. The van der Waals surface area contributed by atoms with Crippen LogP contribution in [0.3, 0.4) is 0 Å². The maximum atomic E-state index is 7.03. The van der Waals surface area contributed by atoms with Crippen LogP contribution in [-0.2, 0) is 0 Å². The van der Waals surface area contributed by atoms with Crippen molar-refractivity contribution in [3.8, 4) is 5.75 Å². The van der Waals surface area contributed by atoms with Crippen LogP contribution in [0, 0.1) is 5.41 Å². The van der Waals surface area contributed by atoms with Crippen LogP contribution in [0.15, 0.2) is 28.7 Å². The van der Waals surface area contributed by atoms with Crippen LogP contribution in [0.1, 0.15) is 12.8 Å². The molecule has 0 bridgehead atoms. The molecule has 0 amide bonds. The number of hydrogen-bond donors (Lipinski definition) is 2. The van der Waals surface area contributed by atoms with Crippen molar-refractivity contribution < 1.29 is 4.74 Å². The van der Waals surface area contributed by atoms with Gasteiger partial charge in [0.15, 0.2) is 0 Å². The van der Waals surface area contributed by atoms with Crippen LogP contribution >= 0.6 is 15.9 Å². The van der Waals surface area contributed by atoms with Gasteiger partial charge in [0.25, 0.3) is 0 Å². The second-order valence-electron chi connectivity index (χ2n) is 2.91. The predicted octanol–water partition coefficient (Wildman–Crippen LogP) is 2.54. The molecule has 0 spiro atoms. The van der Waals surface area contributed by atoms with E-state index in [-0.39, 0.29) is 5.84 Å². The van der Waals surface area contributed by atoms with E-state index in [0.717, 1.165) is 16.6 Å². The predicted molar refractivity (Wildman–Crippen MR) is 60.8 cm³/mol. The number of nitrogens with one attached hydrogen (secondary N) is 1. The van der Waals surface area contributed by atoms with Gasteiger partial charge in [0, 0.05) is 6.42 Å². The largest absolute Gasteiger partial charge is 0.492 e. The molecule has 0 fully saturated rings. The van der Waals surface area contributed by atoms with E-state index in [2.05, 4.69) is 15.9 Å². The first-order chi connectivity index (χ1) is 6.70. The van der Waals surface area contributed by atoms with Crippen molar-refractivity contribution in [2.45, 2.75) is 12.8 Å². The van der Waals surface area contributed by atoms with Gasteiger partial charge in [0.05, 0.1) is 16.9 Å². The first kappa shape index (κ1) is 11.0. The number of para-hydroxylation sites is 1. The number of halogens is 1. The van der Waals surface area contributed by atoms with Crippen LogP contribution in [0.2, 0.25) is 0 Å². The molecular weight excluding hydrogens is 244 g/mol. The smallest absolute Gasteiger partial charge is 0.133 e. The molecule has 0 saturated carbocycles. The van der Waals surface area contributed by atoms with Crippen molar-refractivity contribution in [2.24, 2.45) is 5.73 Å². The summed E-state index contributed by atoms with van der Waals surface area (Å²) in [4.78, 5) is 0. The summed E-state index contributed by atoms with van der Waals surface area (Å²) in [6.45, 7) is 0.586. The van der Waals surface area contributed by atoms with E-state index in [4.69, 9.17) is 15.9 Å².